The number of benzene rings is 2. The van der Waals surface area contributed by atoms with Crippen molar-refractivity contribution >= 4 is 34.7 Å². The number of hydrogen-bond acceptors (Lipinski definition) is 6. The van der Waals surface area contributed by atoms with E-state index in [4.69, 9.17) is 4.74 Å². The van der Waals surface area contributed by atoms with Gasteiger partial charge in [0, 0.05) is 30.1 Å². The van der Waals surface area contributed by atoms with Crippen molar-refractivity contribution in [1.82, 2.24) is 26.1 Å². The number of aromatic amines is 1. The number of fused-ring (bicyclic) bond motifs is 1. The maximum atomic E-state index is 14.1. The second-order valence-electron chi connectivity index (χ2n) is 13.4. The van der Waals surface area contributed by atoms with Gasteiger partial charge < -0.3 is 25.5 Å². The Morgan fingerprint density at radius 3 is 2.31 bits per heavy atom. The Morgan fingerprint density at radius 1 is 0.898 bits per heavy atom. The normalized spacial score (nSPS) is 13.7. The van der Waals surface area contributed by atoms with E-state index in [1.165, 1.54) is 5.01 Å². The zero-order valence-corrected chi connectivity index (χ0v) is 29.7. The lowest BCUT2D eigenvalue weighted by Gasteiger charge is -2.31. The lowest BCUT2D eigenvalue weighted by atomic mass is 10.0. The number of carbonyl (C=O) groups excluding carboxylic acids is 4. The molecule has 0 radical (unpaired) electrons. The molecule has 268 valence electrons. The van der Waals surface area contributed by atoms with Gasteiger partial charge in [-0.15, -0.1) is 0 Å². The summed E-state index contributed by atoms with van der Waals surface area (Å²) in [6.45, 7) is 10.3. The molecular formula is C38H55N5O6. The Hall–Kier alpha value is -4.38. The number of hydrazine groups is 1. The molecule has 0 saturated heterocycles. The zero-order chi connectivity index (χ0) is 35.8. The van der Waals surface area contributed by atoms with Gasteiger partial charge in [0.15, 0.2) is 0 Å². The first-order valence-electron chi connectivity index (χ1n) is 17.6. The summed E-state index contributed by atoms with van der Waals surface area (Å²) < 4.78 is 5.45. The van der Waals surface area contributed by atoms with Gasteiger partial charge in [-0.2, -0.15) is 0 Å². The molecule has 0 fully saturated rings. The van der Waals surface area contributed by atoms with Crippen LogP contribution in [0.25, 0.3) is 10.9 Å². The summed E-state index contributed by atoms with van der Waals surface area (Å²) in [6.07, 6.45) is 4.03. The van der Waals surface area contributed by atoms with Crippen LogP contribution in [0.2, 0.25) is 0 Å². The van der Waals surface area contributed by atoms with Crippen LogP contribution in [0.3, 0.4) is 0 Å². The zero-order valence-electron chi connectivity index (χ0n) is 29.7. The molecule has 1 aromatic heterocycles. The highest BCUT2D eigenvalue weighted by Crippen LogP contribution is 2.20. The minimum atomic E-state index is -1.06. The number of amides is 4. The van der Waals surface area contributed by atoms with Crippen LogP contribution in [0.15, 0.2) is 60.8 Å². The molecule has 4 atom stereocenters. The first kappa shape index (κ1) is 39.1. The number of aromatic nitrogens is 1. The average molecular weight is 678 g/mol. The molecule has 0 spiro atoms. The van der Waals surface area contributed by atoms with Crippen molar-refractivity contribution < 1.29 is 29.0 Å². The Balaban J connectivity index is 1.81. The first-order chi connectivity index (χ1) is 23.5. The number of ether oxygens (including phenoxy) is 1. The summed E-state index contributed by atoms with van der Waals surface area (Å²) in [5.74, 6) is -1.01. The number of aliphatic hydroxyl groups is 1. The standard InChI is InChI=1S/C38H55N5O6/c1-6-8-17-33(37(47)43(24-27(5)7-2)42-35(45)22-30(44)20-19-26(3)4)40-36(46)34(21-29-23-39-32-18-13-12-16-31(29)32)41-38(48)49-25-28-14-10-9-11-15-28/h9-16,18,23,26-27,30,33-34,39,44H,6-8,17,19-22,24-25H2,1-5H3,(H,40,46)(H,41,48)(H,42,45)/t27?,30-,33-,34-/m0/s1. The summed E-state index contributed by atoms with van der Waals surface area (Å²) in [7, 11) is 0. The molecule has 1 unspecified atom stereocenters. The van der Waals surface area contributed by atoms with E-state index in [2.05, 4.69) is 34.9 Å². The molecule has 0 aliphatic carbocycles. The second-order valence-corrected chi connectivity index (χ2v) is 13.4. The number of nitrogens with one attached hydrogen (secondary N) is 4. The number of unbranched alkanes of at least 4 members (excludes halogenated alkanes) is 1. The summed E-state index contributed by atoms with van der Waals surface area (Å²) in [5, 5.41) is 18.2. The molecule has 0 aliphatic heterocycles. The molecule has 5 N–H and O–H groups in total. The largest absolute Gasteiger partial charge is 0.445 e. The van der Waals surface area contributed by atoms with E-state index in [1.807, 2.05) is 75.4 Å². The molecular weight excluding hydrogens is 622 g/mol. The number of carbonyl (C=O) groups is 4. The molecule has 3 aromatic rings. The highest BCUT2D eigenvalue weighted by Gasteiger charge is 2.32. The quantitative estimate of drug-likeness (QED) is 0.102. The van der Waals surface area contributed by atoms with Crippen LogP contribution < -0.4 is 16.1 Å². The predicted octanol–water partition coefficient (Wildman–Crippen LogP) is 5.77. The van der Waals surface area contributed by atoms with Gasteiger partial charge in [-0.1, -0.05) is 102 Å². The van der Waals surface area contributed by atoms with Crippen LogP contribution in [0.4, 0.5) is 4.79 Å². The minimum absolute atomic E-state index is 0.0299. The fourth-order valence-electron chi connectivity index (χ4n) is 5.43. The topological polar surface area (TPSA) is 153 Å². The van der Waals surface area contributed by atoms with Crippen LogP contribution >= 0.6 is 0 Å². The molecule has 3 rings (SSSR count). The monoisotopic (exact) mass is 677 g/mol. The van der Waals surface area contributed by atoms with Crippen molar-refractivity contribution in [2.75, 3.05) is 6.54 Å². The van der Waals surface area contributed by atoms with Crippen LogP contribution in [-0.4, -0.2) is 63.6 Å². The van der Waals surface area contributed by atoms with Crippen molar-refractivity contribution in [2.45, 2.75) is 111 Å². The number of rotatable bonds is 19. The van der Waals surface area contributed by atoms with Crippen LogP contribution in [0, 0.1) is 11.8 Å². The molecule has 49 heavy (non-hydrogen) atoms. The number of H-pyrrole nitrogens is 1. The Kier molecular flexibility index (Phi) is 16.1. The lowest BCUT2D eigenvalue weighted by molar-refractivity contribution is -0.146. The van der Waals surface area contributed by atoms with E-state index in [9.17, 15) is 24.3 Å². The van der Waals surface area contributed by atoms with Crippen LogP contribution in [0.1, 0.15) is 90.7 Å². The van der Waals surface area contributed by atoms with Gasteiger partial charge >= 0.3 is 6.09 Å². The molecule has 0 saturated carbocycles. The molecule has 1 heterocycles. The van der Waals surface area contributed by atoms with Crippen molar-refractivity contribution in [3.05, 3.63) is 71.9 Å². The van der Waals surface area contributed by atoms with Crippen molar-refractivity contribution in [3.63, 3.8) is 0 Å². The van der Waals surface area contributed by atoms with E-state index in [-0.39, 0.29) is 31.9 Å². The number of nitrogens with zero attached hydrogens (tertiary/aromatic N) is 1. The summed E-state index contributed by atoms with van der Waals surface area (Å²) in [4.78, 5) is 57.3. The maximum absolute atomic E-state index is 14.1. The molecule has 11 heteroatoms. The highest BCUT2D eigenvalue weighted by atomic mass is 16.5. The summed E-state index contributed by atoms with van der Waals surface area (Å²) >= 11 is 0. The third-order valence-corrected chi connectivity index (χ3v) is 8.60. The van der Waals surface area contributed by atoms with E-state index in [1.54, 1.807) is 6.20 Å². The second kappa shape index (κ2) is 20.2. The SMILES string of the molecule is CCCC[C@H](NC(=O)[C@H](Cc1c[nH]c2ccccc12)NC(=O)OCc1ccccc1)C(=O)N(CC(C)CC)NC(=O)C[C@@H](O)CCC(C)C. The molecule has 0 aliphatic rings. The Labute approximate surface area is 290 Å². The van der Waals surface area contributed by atoms with Gasteiger partial charge in [0.1, 0.15) is 18.7 Å². The molecule has 11 nitrogen and oxygen atoms in total. The molecule has 4 amide bonds. The van der Waals surface area contributed by atoms with Gasteiger partial charge in [-0.05, 0) is 48.3 Å². The molecule has 2 aromatic carbocycles. The Morgan fingerprint density at radius 2 is 1.61 bits per heavy atom. The first-order valence-corrected chi connectivity index (χ1v) is 17.6. The summed E-state index contributed by atoms with van der Waals surface area (Å²) in [6, 6.07) is 14.9. The van der Waals surface area contributed by atoms with Gasteiger partial charge in [0.05, 0.1) is 12.5 Å². The third-order valence-electron chi connectivity index (χ3n) is 8.60. The third kappa shape index (κ3) is 13.2. The fraction of sp³-hybridized carbons (Fsp3) is 0.526. The summed E-state index contributed by atoms with van der Waals surface area (Å²) in [5.41, 5.74) is 5.23. The van der Waals surface area contributed by atoms with Crippen LogP contribution in [-0.2, 0) is 32.1 Å². The van der Waals surface area contributed by atoms with Crippen LogP contribution in [0.5, 0.6) is 0 Å². The number of para-hydroxylation sites is 1. The minimum Gasteiger partial charge on any atom is -0.445 e. The smallest absolute Gasteiger partial charge is 0.408 e. The van der Waals surface area contributed by atoms with E-state index in [0.29, 0.717) is 25.2 Å². The van der Waals surface area contributed by atoms with Crippen molar-refractivity contribution in [2.24, 2.45) is 11.8 Å². The van der Waals surface area contributed by atoms with Gasteiger partial charge in [0.25, 0.3) is 5.91 Å². The lowest BCUT2D eigenvalue weighted by Crippen LogP contribution is -2.58. The predicted molar refractivity (Wildman–Crippen MR) is 191 cm³/mol. The van der Waals surface area contributed by atoms with Gasteiger partial charge in [-0.3, -0.25) is 24.8 Å². The Bertz CT molecular complexity index is 1480. The highest BCUT2D eigenvalue weighted by molar-refractivity contribution is 5.93. The fourth-order valence-corrected chi connectivity index (χ4v) is 5.43. The number of hydrogen-bond donors (Lipinski definition) is 5. The van der Waals surface area contributed by atoms with Gasteiger partial charge in [0.2, 0.25) is 11.8 Å². The van der Waals surface area contributed by atoms with E-state index >= 15 is 0 Å². The average Bonchev–Trinajstić information content (AvgIpc) is 3.50. The van der Waals surface area contributed by atoms with E-state index < -0.39 is 42.0 Å². The number of aliphatic hydroxyl groups excluding tert-OH is 1. The number of alkyl carbamates (subject to hydrolysis) is 1. The maximum Gasteiger partial charge on any atom is 0.408 e. The van der Waals surface area contributed by atoms with Gasteiger partial charge in [-0.25, -0.2) is 4.79 Å². The van der Waals surface area contributed by atoms with Crippen molar-refractivity contribution in [1.29, 1.82) is 0 Å². The van der Waals surface area contributed by atoms with E-state index in [0.717, 1.165) is 41.3 Å². The molecule has 0 bridgehead atoms. The van der Waals surface area contributed by atoms with Crippen molar-refractivity contribution in [3.8, 4) is 0 Å².